The molecular weight excluding hydrogens is 349 g/mol. The van der Waals surface area contributed by atoms with Crippen molar-refractivity contribution in [2.45, 2.75) is 45.2 Å². The van der Waals surface area contributed by atoms with Crippen LogP contribution >= 0.6 is 0 Å². The monoisotopic (exact) mass is 375 g/mol. The molecule has 4 N–H and O–H groups in total. The fourth-order valence-electron chi connectivity index (χ4n) is 2.75. The van der Waals surface area contributed by atoms with Crippen LogP contribution in [0, 0.1) is 5.92 Å². The van der Waals surface area contributed by atoms with E-state index in [1.807, 2.05) is 44.2 Å². The van der Waals surface area contributed by atoms with E-state index in [9.17, 15) is 19.6 Å². The van der Waals surface area contributed by atoms with Gasteiger partial charge in [0.05, 0.1) is 24.6 Å². The molecule has 1 aliphatic heterocycles. The number of nitrogens with one attached hydrogen (secondary N) is 2. The summed E-state index contributed by atoms with van der Waals surface area (Å²) in [5, 5.41) is 28.0. The fraction of sp³-hybridized carbons (Fsp3) is 0.500. The van der Waals surface area contributed by atoms with Crippen molar-refractivity contribution in [3.63, 3.8) is 0 Å². The highest BCUT2D eigenvalue weighted by molar-refractivity contribution is 6.43. The number of rotatable bonds is 9. The third-order valence-corrected chi connectivity index (χ3v) is 4.13. The van der Waals surface area contributed by atoms with E-state index in [4.69, 9.17) is 4.84 Å². The minimum Gasteiger partial charge on any atom is -0.426 e. The number of carbonyl (C=O) groups is 2. The van der Waals surface area contributed by atoms with Crippen molar-refractivity contribution in [3.8, 4) is 0 Å². The summed E-state index contributed by atoms with van der Waals surface area (Å²) < 4.78 is 0. The summed E-state index contributed by atoms with van der Waals surface area (Å²) in [6, 6.07) is 9.38. The number of oxime groups is 1. The number of hydrogen-bond acceptors (Lipinski definition) is 6. The molecule has 2 amide bonds. The number of amides is 2. The van der Waals surface area contributed by atoms with Crippen molar-refractivity contribution in [1.82, 2.24) is 10.6 Å². The van der Waals surface area contributed by atoms with Crippen LogP contribution in [0.25, 0.3) is 0 Å². The Labute approximate surface area is 159 Å². The van der Waals surface area contributed by atoms with Crippen molar-refractivity contribution in [2.75, 3.05) is 6.54 Å². The van der Waals surface area contributed by atoms with Crippen LogP contribution in [-0.2, 0) is 20.8 Å². The topological polar surface area (TPSA) is 120 Å². The van der Waals surface area contributed by atoms with Crippen LogP contribution < -0.4 is 10.6 Å². The second kappa shape index (κ2) is 10.1. The zero-order valence-corrected chi connectivity index (χ0v) is 15.6. The van der Waals surface area contributed by atoms with Gasteiger partial charge >= 0.3 is 7.12 Å². The Morgan fingerprint density at radius 3 is 2.63 bits per heavy atom. The summed E-state index contributed by atoms with van der Waals surface area (Å²) in [7, 11) is -1.64. The molecule has 0 spiro atoms. The molecule has 8 nitrogen and oxygen atoms in total. The number of carbonyl (C=O) groups excluding carboxylic acids is 2. The Morgan fingerprint density at radius 1 is 1.30 bits per heavy atom. The van der Waals surface area contributed by atoms with Gasteiger partial charge in [-0.25, -0.2) is 0 Å². The van der Waals surface area contributed by atoms with Gasteiger partial charge in [-0.3, -0.25) is 9.59 Å². The third kappa shape index (κ3) is 7.03. The van der Waals surface area contributed by atoms with Crippen LogP contribution in [0.15, 0.2) is 35.5 Å². The zero-order chi connectivity index (χ0) is 19.8. The molecule has 0 aromatic heterocycles. The first-order valence-corrected chi connectivity index (χ1v) is 9.04. The predicted octanol–water partition coefficient (Wildman–Crippen LogP) is 0.0331. The van der Waals surface area contributed by atoms with E-state index in [-0.39, 0.29) is 31.2 Å². The molecule has 0 saturated carbocycles. The molecule has 1 aromatic rings. The smallest absolute Gasteiger partial charge is 0.426 e. The molecule has 0 aliphatic carbocycles. The average Bonchev–Trinajstić information content (AvgIpc) is 3.09. The molecule has 0 bridgehead atoms. The maximum Gasteiger partial charge on any atom is 0.475 e. The second-order valence-electron chi connectivity index (χ2n) is 7.05. The van der Waals surface area contributed by atoms with Gasteiger partial charge in [-0.05, 0) is 17.9 Å². The normalized spacial score (nSPS) is 17.1. The van der Waals surface area contributed by atoms with E-state index in [1.54, 1.807) is 0 Å². The summed E-state index contributed by atoms with van der Waals surface area (Å²) in [6.45, 7) is 4.05. The molecule has 27 heavy (non-hydrogen) atoms. The van der Waals surface area contributed by atoms with Gasteiger partial charge in [0.25, 0.3) is 5.91 Å². The van der Waals surface area contributed by atoms with E-state index < -0.39 is 25.1 Å². The SMILES string of the molecule is CC(C)CC(NC(=O)C1CC(CNC(=O)Cc2ccccc2)=NO1)B(O)O. The highest BCUT2D eigenvalue weighted by Crippen LogP contribution is 2.12. The van der Waals surface area contributed by atoms with Gasteiger partial charge in [0.15, 0.2) is 0 Å². The van der Waals surface area contributed by atoms with Crippen LogP contribution in [0.2, 0.25) is 0 Å². The summed E-state index contributed by atoms with van der Waals surface area (Å²) >= 11 is 0. The number of hydrogen-bond donors (Lipinski definition) is 4. The molecule has 2 unspecified atom stereocenters. The molecule has 0 fully saturated rings. The highest BCUT2D eigenvalue weighted by Gasteiger charge is 2.33. The van der Waals surface area contributed by atoms with E-state index in [1.165, 1.54) is 0 Å². The molecule has 1 aliphatic rings. The minimum atomic E-state index is -1.64. The van der Waals surface area contributed by atoms with Crippen LogP contribution in [0.5, 0.6) is 0 Å². The Kier molecular flexibility index (Phi) is 7.81. The van der Waals surface area contributed by atoms with Gasteiger partial charge in [0.2, 0.25) is 12.0 Å². The molecule has 1 heterocycles. The predicted molar refractivity (Wildman–Crippen MR) is 102 cm³/mol. The molecular formula is C18H26BN3O5. The first kappa shape index (κ1) is 20.9. The maximum atomic E-state index is 12.2. The molecule has 1 aromatic carbocycles. The van der Waals surface area contributed by atoms with E-state index in [0.717, 1.165) is 5.56 Å². The Hall–Kier alpha value is -2.39. The summed E-state index contributed by atoms with van der Waals surface area (Å²) in [4.78, 5) is 29.3. The van der Waals surface area contributed by atoms with Gasteiger partial charge < -0.3 is 25.5 Å². The van der Waals surface area contributed by atoms with Gasteiger partial charge in [0.1, 0.15) is 0 Å². The Balaban J connectivity index is 1.75. The Bertz CT molecular complexity index is 666. The van der Waals surface area contributed by atoms with Gasteiger partial charge in [-0.2, -0.15) is 0 Å². The van der Waals surface area contributed by atoms with Crippen molar-refractivity contribution in [1.29, 1.82) is 0 Å². The lowest BCUT2D eigenvalue weighted by molar-refractivity contribution is -0.131. The van der Waals surface area contributed by atoms with Crippen LogP contribution in [0.3, 0.4) is 0 Å². The molecule has 9 heteroatoms. The average molecular weight is 375 g/mol. The lowest BCUT2D eigenvalue weighted by atomic mass is 9.75. The van der Waals surface area contributed by atoms with Crippen molar-refractivity contribution < 1.29 is 24.5 Å². The molecule has 0 radical (unpaired) electrons. The van der Waals surface area contributed by atoms with E-state index in [2.05, 4.69) is 15.8 Å². The molecule has 0 saturated heterocycles. The van der Waals surface area contributed by atoms with Crippen molar-refractivity contribution in [3.05, 3.63) is 35.9 Å². The highest BCUT2D eigenvalue weighted by atomic mass is 16.6. The molecule has 2 atom stereocenters. The van der Waals surface area contributed by atoms with Crippen molar-refractivity contribution in [2.24, 2.45) is 11.1 Å². The summed E-state index contributed by atoms with van der Waals surface area (Å²) in [6.07, 6.45) is 0.108. The number of benzene rings is 1. The Morgan fingerprint density at radius 2 is 2.00 bits per heavy atom. The van der Waals surface area contributed by atoms with Gasteiger partial charge in [0, 0.05) is 6.42 Å². The standard InChI is InChI=1S/C18H26BN3O5/c1-12(2)8-16(19(25)26)21-18(24)15-10-14(22-27-15)11-20-17(23)9-13-6-4-3-5-7-13/h3-7,12,15-16,25-26H,8-11H2,1-2H3,(H,20,23)(H,21,24). The lowest BCUT2D eigenvalue weighted by Crippen LogP contribution is -2.50. The summed E-state index contributed by atoms with van der Waals surface area (Å²) in [5.74, 6) is -1.18. The number of nitrogens with zero attached hydrogens (tertiary/aromatic N) is 1. The maximum absolute atomic E-state index is 12.2. The first-order valence-electron chi connectivity index (χ1n) is 9.04. The largest absolute Gasteiger partial charge is 0.475 e. The van der Waals surface area contributed by atoms with E-state index >= 15 is 0 Å². The molecule has 2 rings (SSSR count). The zero-order valence-electron chi connectivity index (χ0n) is 15.6. The quantitative estimate of drug-likeness (QED) is 0.454. The molecule has 146 valence electrons. The lowest BCUT2D eigenvalue weighted by Gasteiger charge is -2.20. The van der Waals surface area contributed by atoms with E-state index in [0.29, 0.717) is 12.1 Å². The van der Waals surface area contributed by atoms with Crippen LogP contribution in [0.1, 0.15) is 32.3 Å². The first-order chi connectivity index (χ1) is 12.8. The second-order valence-corrected chi connectivity index (χ2v) is 7.05. The van der Waals surface area contributed by atoms with Crippen LogP contribution in [0.4, 0.5) is 0 Å². The van der Waals surface area contributed by atoms with Crippen LogP contribution in [-0.4, -0.2) is 53.3 Å². The van der Waals surface area contributed by atoms with Crippen molar-refractivity contribution >= 4 is 24.6 Å². The fourth-order valence-corrected chi connectivity index (χ4v) is 2.75. The minimum absolute atomic E-state index is 0.141. The van der Waals surface area contributed by atoms with Gasteiger partial charge in [-0.15, -0.1) is 0 Å². The third-order valence-electron chi connectivity index (χ3n) is 4.13. The summed E-state index contributed by atoms with van der Waals surface area (Å²) in [5.41, 5.74) is 1.47. The van der Waals surface area contributed by atoms with Gasteiger partial charge in [-0.1, -0.05) is 49.3 Å².